The van der Waals surface area contributed by atoms with Crippen molar-refractivity contribution >= 4 is 17.5 Å². The van der Waals surface area contributed by atoms with Gasteiger partial charge in [-0.15, -0.1) is 0 Å². The van der Waals surface area contributed by atoms with Crippen LogP contribution in [0.15, 0.2) is 30.3 Å². The molecule has 1 aliphatic rings. The molecule has 1 N–H and O–H groups in total. The molecule has 20 heavy (non-hydrogen) atoms. The fourth-order valence-corrected chi connectivity index (χ4v) is 2.34. The van der Waals surface area contributed by atoms with Gasteiger partial charge in [-0.05, 0) is 25.0 Å². The molecule has 1 heterocycles. The topological polar surface area (TPSA) is 58.6 Å². The van der Waals surface area contributed by atoms with E-state index in [1.165, 1.54) is 0 Å². The zero-order valence-electron chi connectivity index (χ0n) is 11.7. The average molecular weight is 276 g/mol. The van der Waals surface area contributed by atoms with E-state index in [1.807, 2.05) is 30.3 Å². The van der Waals surface area contributed by atoms with Crippen LogP contribution < -0.4 is 10.2 Å². The highest BCUT2D eigenvalue weighted by atomic mass is 16.5. The number of benzene rings is 1. The summed E-state index contributed by atoms with van der Waals surface area (Å²) in [7, 11) is 1.63. The van der Waals surface area contributed by atoms with E-state index in [9.17, 15) is 9.59 Å². The van der Waals surface area contributed by atoms with Crippen LogP contribution in [0.2, 0.25) is 0 Å². The van der Waals surface area contributed by atoms with Gasteiger partial charge in [0.05, 0.1) is 0 Å². The Kier molecular flexibility index (Phi) is 5.12. The van der Waals surface area contributed by atoms with Gasteiger partial charge in [0.25, 0.3) is 0 Å². The van der Waals surface area contributed by atoms with Gasteiger partial charge in [0.2, 0.25) is 11.8 Å². The maximum absolute atomic E-state index is 12.3. The first-order valence-electron chi connectivity index (χ1n) is 6.87. The summed E-state index contributed by atoms with van der Waals surface area (Å²) in [4.78, 5) is 26.0. The van der Waals surface area contributed by atoms with E-state index >= 15 is 0 Å². The number of methoxy groups -OCH3 is 1. The quantitative estimate of drug-likeness (QED) is 0.627. The number of amides is 2. The van der Waals surface area contributed by atoms with Crippen LogP contribution in [0.5, 0.6) is 0 Å². The summed E-state index contributed by atoms with van der Waals surface area (Å²) in [6.45, 7) is 1.75. The number of nitrogens with zero attached hydrogens (tertiary/aromatic N) is 1. The predicted molar refractivity (Wildman–Crippen MR) is 76.4 cm³/mol. The lowest BCUT2D eigenvalue weighted by atomic mass is 10.1. The van der Waals surface area contributed by atoms with Crippen molar-refractivity contribution in [2.24, 2.45) is 5.92 Å². The van der Waals surface area contributed by atoms with Crippen molar-refractivity contribution in [3.05, 3.63) is 30.3 Å². The Hall–Kier alpha value is -1.88. The molecule has 0 radical (unpaired) electrons. The van der Waals surface area contributed by atoms with Crippen LogP contribution in [0.3, 0.4) is 0 Å². The molecule has 5 heteroatoms. The van der Waals surface area contributed by atoms with Crippen molar-refractivity contribution in [2.75, 3.05) is 31.7 Å². The van der Waals surface area contributed by atoms with Crippen molar-refractivity contribution in [3.8, 4) is 0 Å². The van der Waals surface area contributed by atoms with Gasteiger partial charge in [-0.25, -0.2) is 0 Å². The molecular weight excluding hydrogens is 256 g/mol. The molecule has 0 spiro atoms. The Morgan fingerprint density at radius 2 is 2.15 bits per heavy atom. The SMILES string of the molecule is COCCCNC(=O)[C@H]1CCN(c2ccccc2)C1=O. The van der Waals surface area contributed by atoms with Gasteiger partial charge in [-0.1, -0.05) is 18.2 Å². The minimum absolute atomic E-state index is 0.111. The summed E-state index contributed by atoms with van der Waals surface area (Å²) < 4.78 is 4.92. The van der Waals surface area contributed by atoms with E-state index in [2.05, 4.69) is 5.32 Å². The van der Waals surface area contributed by atoms with Gasteiger partial charge < -0.3 is 15.0 Å². The second kappa shape index (κ2) is 7.05. The van der Waals surface area contributed by atoms with Gasteiger partial charge in [-0.3, -0.25) is 9.59 Å². The van der Waals surface area contributed by atoms with Crippen molar-refractivity contribution in [1.29, 1.82) is 0 Å². The standard InChI is InChI=1S/C15H20N2O3/c1-20-11-5-9-16-14(18)13-8-10-17(15(13)19)12-6-3-2-4-7-12/h2-4,6-7,13H,5,8-11H2,1H3,(H,16,18)/t13-/m1/s1. The highest BCUT2D eigenvalue weighted by molar-refractivity contribution is 6.09. The maximum atomic E-state index is 12.3. The van der Waals surface area contributed by atoms with E-state index in [1.54, 1.807) is 12.0 Å². The van der Waals surface area contributed by atoms with Gasteiger partial charge >= 0.3 is 0 Å². The molecule has 1 aromatic carbocycles. The third-order valence-corrected chi connectivity index (χ3v) is 3.41. The number of carbonyl (C=O) groups excluding carboxylic acids is 2. The summed E-state index contributed by atoms with van der Waals surface area (Å²) in [6.07, 6.45) is 1.33. The number of rotatable bonds is 6. The minimum atomic E-state index is -0.558. The number of ether oxygens (including phenoxy) is 1. The summed E-state index contributed by atoms with van der Waals surface area (Å²) >= 11 is 0. The zero-order chi connectivity index (χ0) is 14.4. The molecule has 1 saturated heterocycles. The lowest BCUT2D eigenvalue weighted by molar-refractivity contribution is -0.132. The normalized spacial score (nSPS) is 18.4. The number of hydrogen-bond acceptors (Lipinski definition) is 3. The molecule has 1 fully saturated rings. The molecular formula is C15H20N2O3. The van der Waals surface area contributed by atoms with Crippen LogP contribution in [-0.4, -0.2) is 38.6 Å². The van der Waals surface area contributed by atoms with E-state index in [0.29, 0.717) is 26.1 Å². The van der Waals surface area contributed by atoms with E-state index < -0.39 is 5.92 Å². The highest BCUT2D eigenvalue weighted by Gasteiger charge is 2.37. The zero-order valence-corrected chi connectivity index (χ0v) is 11.7. The Morgan fingerprint density at radius 3 is 2.85 bits per heavy atom. The Labute approximate surface area is 118 Å². The Bertz CT molecular complexity index is 461. The summed E-state index contributed by atoms with van der Waals surface area (Å²) in [5.41, 5.74) is 0.854. The van der Waals surface area contributed by atoms with E-state index in [-0.39, 0.29) is 11.8 Å². The van der Waals surface area contributed by atoms with Crippen molar-refractivity contribution in [1.82, 2.24) is 5.32 Å². The molecule has 1 aliphatic heterocycles. The van der Waals surface area contributed by atoms with E-state index in [4.69, 9.17) is 4.74 Å². The molecule has 0 aromatic heterocycles. The summed E-state index contributed by atoms with van der Waals surface area (Å²) in [6, 6.07) is 9.46. The second-order valence-corrected chi connectivity index (χ2v) is 4.80. The number of hydrogen-bond donors (Lipinski definition) is 1. The number of nitrogens with one attached hydrogen (secondary N) is 1. The molecule has 0 bridgehead atoms. The van der Waals surface area contributed by atoms with Crippen LogP contribution in [0.4, 0.5) is 5.69 Å². The fraction of sp³-hybridized carbons (Fsp3) is 0.467. The van der Waals surface area contributed by atoms with Gasteiger partial charge in [0.1, 0.15) is 5.92 Å². The van der Waals surface area contributed by atoms with Gasteiger partial charge in [0, 0.05) is 32.5 Å². The largest absolute Gasteiger partial charge is 0.385 e. The monoisotopic (exact) mass is 276 g/mol. The Balaban J connectivity index is 1.89. The molecule has 2 rings (SSSR count). The third-order valence-electron chi connectivity index (χ3n) is 3.41. The van der Waals surface area contributed by atoms with Crippen molar-refractivity contribution in [3.63, 3.8) is 0 Å². The molecule has 1 atom stereocenters. The molecule has 1 aromatic rings. The molecule has 108 valence electrons. The summed E-state index contributed by atoms with van der Waals surface area (Å²) in [5.74, 6) is -0.845. The van der Waals surface area contributed by atoms with Crippen LogP contribution >= 0.6 is 0 Å². The second-order valence-electron chi connectivity index (χ2n) is 4.80. The van der Waals surface area contributed by atoms with Crippen molar-refractivity contribution < 1.29 is 14.3 Å². The van der Waals surface area contributed by atoms with Crippen LogP contribution in [0.1, 0.15) is 12.8 Å². The first-order chi connectivity index (χ1) is 9.74. The highest BCUT2D eigenvalue weighted by Crippen LogP contribution is 2.24. The molecule has 0 unspecified atom stereocenters. The minimum Gasteiger partial charge on any atom is -0.385 e. The summed E-state index contributed by atoms with van der Waals surface area (Å²) in [5, 5.41) is 2.80. The van der Waals surface area contributed by atoms with Crippen LogP contribution in [0.25, 0.3) is 0 Å². The molecule has 0 saturated carbocycles. The first-order valence-corrected chi connectivity index (χ1v) is 6.87. The number of para-hydroxylation sites is 1. The molecule has 0 aliphatic carbocycles. The lowest BCUT2D eigenvalue weighted by Crippen LogP contribution is -2.37. The smallest absolute Gasteiger partial charge is 0.239 e. The van der Waals surface area contributed by atoms with E-state index in [0.717, 1.165) is 12.1 Å². The number of carbonyl (C=O) groups is 2. The average Bonchev–Trinajstić information content (AvgIpc) is 2.86. The maximum Gasteiger partial charge on any atom is 0.239 e. The third kappa shape index (κ3) is 3.36. The first kappa shape index (κ1) is 14.5. The van der Waals surface area contributed by atoms with Crippen LogP contribution in [-0.2, 0) is 14.3 Å². The molecule has 5 nitrogen and oxygen atoms in total. The fourth-order valence-electron chi connectivity index (χ4n) is 2.34. The van der Waals surface area contributed by atoms with Crippen LogP contribution in [0, 0.1) is 5.92 Å². The Morgan fingerprint density at radius 1 is 1.40 bits per heavy atom. The van der Waals surface area contributed by atoms with Crippen molar-refractivity contribution in [2.45, 2.75) is 12.8 Å². The number of anilines is 1. The molecule has 2 amide bonds. The van der Waals surface area contributed by atoms with Gasteiger partial charge in [0.15, 0.2) is 0 Å². The lowest BCUT2D eigenvalue weighted by Gasteiger charge is -2.16. The van der Waals surface area contributed by atoms with Gasteiger partial charge in [-0.2, -0.15) is 0 Å². The predicted octanol–water partition coefficient (Wildman–Crippen LogP) is 1.19.